The summed E-state index contributed by atoms with van der Waals surface area (Å²) < 4.78 is 10.5. The van der Waals surface area contributed by atoms with E-state index in [2.05, 4.69) is 0 Å². The minimum atomic E-state index is -0.402. The molecule has 0 aliphatic carbocycles. The van der Waals surface area contributed by atoms with Crippen LogP contribution in [-0.4, -0.2) is 24.7 Å². The first-order valence-electron chi connectivity index (χ1n) is 6.05. The maximum absolute atomic E-state index is 10.9. The topological polar surface area (TPSA) is 61.6 Å². The van der Waals surface area contributed by atoms with Crippen LogP contribution in [0.5, 0.6) is 5.75 Å². The second kappa shape index (κ2) is 6.35. The number of aryl methyl sites for hydroxylation is 1. The van der Waals surface area contributed by atoms with Crippen LogP contribution in [0.2, 0.25) is 0 Å². The van der Waals surface area contributed by atoms with Crippen molar-refractivity contribution in [3.63, 3.8) is 0 Å². The Labute approximate surface area is 107 Å². The van der Waals surface area contributed by atoms with E-state index in [0.717, 1.165) is 11.1 Å². The van der Waals surface area contributed by atoms with E-state index < -0.39 is 4.92 Å². The number of fused-ring (bicyclic) bond motifs is 1. The zero-order valence-electron chi connectivity index (χ0n) is 11.2. The smallest absolute Gasteiger partial charge is 0.311 e. The number of nitrogens with zero attached hydrogens (tertiary/aromatic N) is 1. The van der Waals surface area contributed by atoms with Crippen LogP contribution in [0.1, 0.15) is 25.0 Å². The zero-order valence-corrected chi connectivity index (χ0v) is 11.2. The van der Waals surface area contributed by atoms with E-state index in [1.807, 2.05) is 26.8 Å². The summed E-state index contributed by atoms with van der Waals surface area (Å²) in [6, 6.07) is 3.46. The van der Waals surface area contributed by atoms with Crippen molar-refractivity contribution in [3.05, 3.63) is 33.4 Å². The third kappa shape index (κ3) is 2.98. The summed E-state index contributed by atoms with van der Waals surface area (Å²) >= 11 is 0. The van der Waals surface area contributed by atoms with Gasteiger partial charge in [0.05, 0.1) is 11.5 Å². The van der Waals surface area contributed by atoms with E-state index in [1.165, 1.54) is 6.07 Å². The van der Waals surface area contributed by atoms with Gasteiger partial charge in [0.15, 0.2) is 0 Å². The molecule has 100 valence electrons. The molecule has 0 bridgehead atoms. The van der Waals surface area contributed by atoms with E-state index in [-0.39, 0.29) is 11.8 Å². The number of hydrogen-bond acceptors (Lipinski definition) is 4. The molecular formula is C13H19NO4. The van der Waals surface area contributed by atoms with Crippen LogP contribution in [0.15, 0.2) is 12.1 Å². The fourth-order valence-electron chi connectivity index (χ4n) is 1.98. The van der Waals surface area contributed by atoms with Gasteiger partial charge in [-0.2, -0.15) is 0 Å². The van der Waals surface area contributed by atoms with Crippen molar-refractivity contribution in [2.75, 3.05) is 13.7 Å². The number of ether oxygens (including phenoxy) is 2. The molecule has 0 spiro atoms. The third-order valence-electron chi connectivity index (χ3n) is 2.57. The van der Waals surface area contributed by atoms with Crippen molar-refractivity contribution < 1.29 is 14.4 Å². The van der Waals surface area contributed by atoms with Gasteiger partial charge in [0.1, 0.15) is 6.10 Å². The maximum Gasteiger partial charge on any atom is 0.311 e. The molecule has 0 radical (unpaired) electrons. The van der Waals surface area contributed by atoms with Gasteiger partial charge in [-0.15, -0.1) is 0 Å². The van der Waals surface area contributed by atoms with E-state index in [1.54, 1.807) is 7.11 Å². The molecule has 1 aliphatic rings. The first-order valence-corrected chi connectivity index (χ1v) is 6.05. The predicted molar refractivity (Wildman–Crippen MR) is 69.2 cm³/mol. The normalized spacial score (nSPS) is 16.3. The number of rotatable bonds is 3. The van der Waals surface area contributed by atoms with Crippen LogP contribution in [0, 0.1) is 17.0 Å². The van der Waals surface area contributed by atoms with Crippen molar-refractivity contribution >= 4 is 5.69 Å². The molecule has 5 nitrogen and oxygen atoms in total. The average Bonchev–Trinajstić information content (AvgIpc) is 2.73. The summed E-state index contributed by atoms with van der Waals surface area (Å²) in [6.45, 7) is 6.29. The highest BCUT2D eigenvalue weighted by Crippen LogP contribution is 2.38. The lowest BCUT2D eigenvalue weighted by Gasteiger charge is -2.08. The summed E-state index contributed by atoms with van der Waals surface area (Å²) in [7, 11) is 1.59. The average molecular weight is 253 g/mol. The minimum Gasteiger partial charge on any atom is -0.480 e. The standard InChI is InChI=1S/C11H13NO4.C2H6/c1-7-3-8-5-9(6-15-2)16-11(8)10(4-7)12(13)14;1-2/h3-4,9H,5-6H2,1-2H3;1-2H3. The van der Waals surface area contributed by atoms with Gasteiger partial charge in [0.2, 0.25) is 5.75 Å². The number of nitro groups is 1. The van der Waals surface area contributed by atoms with Gasteiger partial charge in [-0.25, -0.2) is 0 Å². The van der Waals surface area contributed by atoms with Gasteiger partial charge >= 0.3 is 5.69 Å². The van der Waals surface area contributed by atoms with Crippen LogP contribution in [0.3, 0.4) is 0 Å². The van der Waals surface area contributed by atoms with Crippen molar-refractivity contribution in [3.8, 4) is 5.75 Å². The van der Waals surface area contributed by atoms with Crippen LogP contribution >= 0.6 is 0 Å². The van der Waals surface area contributed by atoms with E-state index >= 15 is 0 Å². The summed E-state index contributed by atoms with van der Waals surface area (Å²) in [4.78, 5) is 10.5. The molecule has 1 aromatic carbocycles. The summed E-state index contributed by atoms with van der Waals surface area (Å²) in [5.74, 6) is 0.401. The highest BCUT2D eigenvalue weighted by molar-refractivity contribution is 5.56. The van der Waals surface area contributed by atoms with E-state index in [0.29, 0.717) is 18.8 Å². The Morgan fingerprint density at radius 3 is 2.72 bits per heavy atom. The van der Waals surface area contributed by atoms with E-state index in [4.69, 9.17) is 9.47 Å². The van der Waals surface area contributed by atoms with Gasteiger partial charge in [0, 0.05) is 25.2 Å². The molecule has 1 aliphatic heterocycles. The number of methoxy groups -OCH3 is 1. The fourth-order valence-corrected chi connectivity index (χ4v) is 1.98. The lowest BCUT2D eigenvalue weighted by atomic mass is 10.1. The molecule has 1 atom stereocenters. The summed E-state index contributed by atoms with van der Waals surface area (Å²) in [5, 5.41) is 10.9. The van der Waals surface area contributed by atoms with Crippen molar-refractivity contribution in [2.24, 2.45) is 0 Å². The van der Waals surface area contributed by atoms with Gasteiger partial charge in [0.25, 0.3) is 0 Å². The molecule has 0 amide bonds. The molecule has 0 aromatic heterocycles. The Bertz CT molecular complexity index is 431. The molecule has 5 heteroatoms. The molecule has 0 N–H and O–H groups in total. The van der Waals surface area contributed by atoms with Gasteiger partial charge in [-0.1, -0.05) is 19.9 Å². The Morgan fingerprint density at radius 1 is 1.50 bits per heavy atom. The molecule has 0 fully saturated rings. The SMILES string of the molecule is CC.COCC1Cc2cc(C)cc([N+](=O)[O-])c2O1. The third-order valence-corrected chi connectivity index (χ3v) is 2.57. The van der Waals surface area contributed by atoms with Crippen LogP contribution < -0.4 is 4.74 Å². The molecule has 0 saturated carbocycles. The maximum atomic E-state index is 10.9. The first-order chi connectivity index (χ1) is 8.61. The Hall–Kier alpha value is -1.62. The second-order valence-electron chi connectivity index (χ2n) is 3.93. The number of nitro benzene ring substituents is 1. The molecule has 0 saturated heterocycles. The molecule has 1 unspecified atom stereocenters. The lowest BCUT2D eigenvalue weighted by Crippen LogP contribution is -2.19. The quantitative estimate of drug-likeness (QED) is 0.613. The predicted octanol–water partition coefficient (Wildman–Crippen LogP) is 2.88. The van der Waals surface area contributed by atoms with E-state index in [9.17, 15) is 10.1 Å². The van der Waals surface area contributed by atoms with Crippen molar-refractivity contribution in [1.82, 2.24) is 0 Å². The zero-order chi connectivity index (χ0) is 13.7. The van der Waals surface area contributed by atoms with Crippen LogP contribution in [0.25, 0.3) is 0 Å². The highest BCUT2D eigenvalue weighted by atomic mass is 16.6. The minimum absolute atomic E-state index is 0.0496. The second-order valence-corrected chi connectivity index (χ2v) is 3.93. The summed E-state index contributed by atoms with van der Waals surface area (Å²) in [5.41, 5.74) is 1.83. The first kappa shape index (κ1) is 14.4. The highest BCUT2D eigenvalue weighted by Gasteiger charge is 2.30. The Morgan fingerprint density at radius 2 is 2.17 bits per heavy atom. The fraction of sp³-hybridized carbons (Fsp3) is 0.538. The van der Waals surface area contributed by atoms with Gasteiger partial charge in [-0.05, 0) is 12.5 Å². The van der Waals surface area contributed by atoms with Gasteiger partial charge < -0.3 is 9.47 Å². The molecule has 1 heterocycles. The van der Waals surface area contributed by atoms with Crippen molar-refractivity contribution in [2.45, 2.75) is 33.3 Å². The Balaban J connectivity index is 0.000000771. The molecule has 18 heavy (non-hydrogen) atoms. The monoisotopic (exact) mass is 253 g/mol. The number of hydrogen-bond donors (Lipinski definition) is 0. The molecule has 1 aromatic rings. The lowest BCUT2D eigenvalue weighted by molar-refractivity contribution is -0.385. The van der Waals surface area contributed by atoms with Crippen molar-refractivity contribution in [1.29, 1.82) is 0 Å². The largest absolute Gasteiger partial charge is 0.480 e. The molecular weight excluding hydrogens is 234 g/mol. The Kier molecular flexibility index (Phi) is 5.09. The molecule has 2 rings (SSSR count). The number of benzene rings is 1. The summed E-state index contributed by atoms with van der Waals surface area (Å²) in [6.07, 6.45) is 0.562. The van der Waals surface area contributed by atoms with Crippen LogP contribution in [0.4, 0.5) is 5.69 Å². The van der Waals surface area contributed by atoms with Crippen LogP contribution in [-0.2, 0) is 11.2 Å². The van der Waals surface area contributed by atoms with Gasteiger partial charge in [-0.3, -0.25) is 10.1 Å².